The van der Waals surface area contributed by atoms with Gasteiger partial charge in [-0.2, -0.15) is 0 Å². The number of alkyl halides is 2. The van der Waals surface area contributed by atoms with Gasteiger partial charge in [0.15, 0.2) is 0 Å². The molecule has 1 saturated carbocycles. The number of ether oxygens (including phenoxy) is 1. The third-order valence-electron chi connectivity index (χ3n) is 4.34. The van der Waals surface area contributed by atoms with Crippen LogP contribution < -0.4 is 0 Å². The first-order chi connectivity index (χ1) is 8.64. The van der Waals surface area contributed by atoms with E-state index >= 15 is 0 Å². The predicted octanol–water partition coefficient (Wildman–Crippen LogP) is 5.41. The van der Waals surface area contributed by atoms with Crippen molar-refractivity contribution in [2.75, 3.05) is 23.9 Å². The molecule has 0 aromatic heterocycles. The van der Waals surface area contributed by atoms with E-state index in [1.807, 2.05) is 0 Å². The zero-order chi connectivity index (χ0) is 13.4. The molecule has 3 heteroatoms. The number of hydrogen-bond acceptors (Lipinski definition) is 1. The first kappa shape index (κ1) is 17.0. The average Bonchev–Trinajstić information content (AvgIpc) is 2.88. The first-order valence-electron chi connectivity index (χ1n) is 7.34. The Labute approximate surface area is 130 Å². The molecular formula is C15H28Br2O. The molecule has 0 amide bonds. The molecule has 1 aliphatic rings. The van der Waals surface area contributed by atoms with Gasteiger partial charge in [-0.3, -0.25) is 0 Å². The van der Waals surface area contributed by atoms with E-state index in [1.165, 1.54) is 38.5 Å². The van der Waals surface area contributed by atoms with Gasteiger partial charge in [-0.25, -0.2) is 0 Å². The van der Waals surface area contributed by atoms with E-state index in [2.05, 4.69) is 45.7 Å². The van der Waals surface area contributed by atoms with Crippen LogP contribution in [0.5, 0.6) is 0 Å². The molecule has 0 heterocycles. The molecule has 18 heavy (non-hydrogen) atoms. The highest BCUT2D eigenvalue weighted by Gasteiger charge is 2.38. The Kier molecular flexibility index (Phi) is 8.45. The summed E-state index contributed by atoms with van der Waals surface area (Å²) < 4.78 is 5.82. The molecule has 0 saturated heterocycles. The Morgan fingerprint density at radius 3 is 2.22 bits per heavy atom. The van der Waals surface area contributed by atoms with Crippen LogP contribution in [0.2, 0.25) is 0 Å². The topological polar surface area (TPSA) is 9.23 Å². The highest BCUT2D eigenvalue weighted by atomic mass is 79.9. The van der Waals surface area contributed by atoms with Crippen molar-refractivity contribution in [3.05, 3.63) is 0 Å². The van der Waals surface area contributed by atoms with Crippen molar-refractivity contribution in [1.82, 2.24) is 0 Å². The normalized spacial score (nSPS) is 17.8. The van der Waals surface area contributed by atoms with Gasteiger partial charge in [0.2, 0.25) is 0 Å². The molecule has 1 fully saturated rings. The maximum atomic E-state index is 5.82. The lowest BCUT2D eigenvalue weighted by molar-refractivity contribution is 0.0808. The van der Waals surface area contributed by atoms with E-state index in [-0.39, 0.29) is 0 Å². The summed E-state index contributed by atoms with van der Waals surface area (Å²) in [4.78, 5) is 0. The molecule has 1 rings (SSSR count). The van der Waals surface area contributed by atoms with Crippen LogP contribution in [-0.4, -0.2) is 23.9 Å². The van der Waals surface area contributed by atoms with Crippen LogP contribution in [-0.2, 0) is 4.74 Å². The summed E-state index contributed by atoms with van der Waals surface area (Å²) in [5.74, 6) is 1.63. The fourth-order valence-corrected chi connectivity index (χ4v) is 5.23. The van der Waals surface area contributed by atoms with Crippen LogP contribution in [0.1, 0.15) is 52.4 Å². The second-order valence-corrected chi connectivity index (χ2v) is 7.28. The monoisotopic (exact) mass is 382 g/mol. The van der Waals surface area contributed by atoms with Gasteiger partial charge in [-0.1, -0.05) is 58.5 Å². The van der Waals surface area contributed by atoms with Crippen LogP contribution in [0.25, 0.3) is 0 Å². The fraction of sp³-hybridized carbons (Fsp3) is 1.00. The quantitative estimate of drug-likeness (QED) is 0.382. The molecule has 0 spiro atoms. The van der Waals surface area contributed by atoms with Gasteiger partial charge in [-0.15, -0.1) is 0 Å². The van der Waals surface area contributed by atoms with E-state index in [1.54, 1.807) is 0 Å². The summed E-state index contributed by atoms with van der Waals surface area (Å²) in [7, 11) is 0. The summed E-state index contributed by atoms with van der Waals surface area (Å²) in [6.45, 7) is 6.34. The van der Waals surface area contributed by atoms with Crippen molar-refractivity contribution in [3.8, 4) is 0 Å². The highest BCUT2D eigenvalue weighted by Crippen LogP contribution is 2.44. The Bertz CT molecular complexity index is 209. The van der Waals surface area contributed by atoms with Gasteiger partial charge < -0.3 is 4.74 Å². The van der Waals surface area contributed by atoms with Gasteiger partial charge in [-0.05, 0) is 42.9 Å². The van der Waals surface area contributed by atoms with E-state index < -0.39 is 0 Å². The summed E-state index contributed by atoms with van der Waals surface area (Å²) in [5, 5.41) is 2.20. The van der Waals surface area contributed by atoms with Crippen LogP contribution in [0.15, 0.2) is 0 Å². The molecular weight excluding hydrogens is 356 g/mol. The highest BCUT2D eigenvalue weighted by molar-refractivity contribution is 9.09. The molecule has 1 nitrogen and oxygen atoms in total. The zero-order valence-corrected chi connectivity index (χ0v) is 15.1. The molecule has 0 aromatic rings. The Morgan fingerprint density at radius 1 is 1.11 bits per heavy atom. The third kappa shape index (κ3) is 5.13. The molecule has 0 N–H and O–H groups in total. The maximum Gasteiger partial charge on any atom is 0.0472 e. The Balaban J connectivity index is 2.32. The average molecular weight is 384 g/mol. The minimum atomic E-state index is 0.411. The number of hydrogen-bond donors (Lipinski definition) is 0. The van der Waals surface area contributed by atoms with Gasteiger partial charge in [0.25, 0.3) is 0 Å². The Hall–Kier alpha value is 0.920. The molecule has 0 radical (unpaired) electrons. The molecule has 0 atom stereocenters. The molecule has 0 bridgehead atoms. The second kappa shape index (κ2) is 8.97. The third-order valence-corrected chi connectivity index (χ3v) is 6.57. The Morgan fingerprint density at radius 2 is 1.72 bits per heavy atom. The van der Waals surface area contributed by atoms with E-state index in [0.29, 0.717) is 5.41 Å². The lowest BCUT2D eigenvalue weighted by Gasteiger charge is -2.36. The van der Waals surface area contributed by atoms with Gasteiger partial charge in [0.1, 0.15) is 0 Å². The molecule has 0 aromatic carbocycles. The molecule has 1 aliphatic carbocycles. The van der Waals surface area contributed by atoms with Crippen LogP contribution in [0.3, 0.4) is 0 Å². The summed E-state index contributed by atoms with van der Waals surface area (Å²) in [6.07, 6.45) is 8.01. The largest absolute Gasteiger partial charge is 0.381 e. The molecule has 0 aliphatic heterocycles. The summed E-state index contributed by atoms with van der Waals surface area (Å²) >= 11 is 7.50. The summed E-state index contributed by atoms with van der Waals surface area (Å²) in [6, 6.07) is 0. The number of halogens is 2. The number of rotatable bonds is 9. The smallest absolute Gasteiger partial charge is 0.0472 e. The lowest BCUT2D eigenvalue weighted by Crippen LogP contribution is -2.34. The van der Waals surface area contributed by atoms with Crippen molar-refractivity contribution in [2.24, 2.45) is 17.3 Å². The standard InChI is InChI=1S/C15H28Br2O/c1-13(2)7-9-18-10-8-15(11-16,12-17)14-5-3-4-6-14/h13-14H,3-12H2,1-2H3. The predicted molar refractivity (Wildman–Crippen MR) is 86.9 cm³/mol. The van der Waals surface area contributed by atoms with E-state index in [9.17, 15) is 0 Å². The van der Waals surface area contributed by atoms with Crippen molar-refractivity contribution in [1.29, 1.82) is 0 Å². The second-order valence-electron chi connectivity index (χ2n) is 6.16. The van der Waals surface area contributed by atoms with Crippen molar-refractivity contribution >= 4 is 31.9 Å². The van der Waals surface area contributed by atoms with E-state index in [0.717, 1.165) is 35.7 Å². The zero-order valence-electron chi connectivity index (χ0n) is 11.9. The van der Waals surface area contributed by atoms with Gasteiger partial charge >= 0.3 is 0 Å². The SMILES string of the molecule is CC(C)CCOCCC(CBr)(CBr)C1CCCC1. The molecule has 0 unspecified atom stereocenters. The van der Waals surface area contributed by atoms with Crippen molar-refractivity contribution in [3.63, 3.8) is 0 Å². The van der Waals surface area contributed by atoms with Crippen LogP contribution in [0, 0.1) is 17.3 Å². The minimum absolute atomic E-state index is 0.411. The van der Waals surface area contributed by atoms with Gasteiger partial charge in [0, 0.05) is 23.9 Å². The van der Waals surface area contributed by atoms with Crippen molar-refractivity contribution in [2.45, 2.75) is 52.4 Å². The van der Waals surface area contributed by atoms with Crippen molar-refractivity contribution < 1.29 is 4.74 Å². The molecule has 108 valence electrons. The first-order valence-corrected chi connectivity index (χ1v) is 9.58. The summed E-state index contributed by atoms with van der Waals surface area (Å²) in [5.41, 5.74) is 0.411. The lowest BCUT2D eigenvalue weighted by atomic mass is 9.75. The fourth-order valence-electron chi connectivity index (χ4n) is 2.83. The minimum Gasteiger partial charge on any atom is -0.381 e. The van der Waals surface area contributed by atoms with Crippen LogP contribution in [0.4, 0.5) is 0 Å². The van der Waals surface area contributed by atoms with Crippen LogP contribution >= 0.6 is 31.9 Å². The maximum absolute atomic E-state index is 5.82. The van der Waals surface area contributed by atoms with E-state index in [4.69, 9.17) is 4.74 Å². The van der Waals surface area contributed by atoms with Gasteiger partial charge in [0.05, 0.1) is 0 Å².